The Labute approximate surface area is 137 Å². The van der Waals surface area contributed by atoms with Gasteiger partial charge >= 0.3 is 5.69 Å². The highest BCUT2D eigenvalue weighted by Gasteiger charge is 2.13. The zero-order valence-corrected chi connectivity index (χ0v) is 13.4. The highest BCUT2D eigenvalue weighted by molar-refractivity contribution is 7.13. The minimum Gasteiger partial charge on any atom is -0.379 e. The zero-order chi connectivity index (χ0) is 16.1. The fraction of sp³-hybridized carbons (Fsp3) is 0.400. The normalized spacial score (nSPS) is 15.5. The molecule has 2 aromatic rings. The summed E-state index contributed by atoms with van der Waals surface area (Å²) in [4.78, 5) is 33.4. The molecule has 0 bridgehead atoms. The number of aromatic nitrogens is 2. The summed E-state index contributed by atoms with van der Waals surface area (Å²) in [6.45, 7) is 4.49. The van der Waals surface area contributed by atoms with Crippen LogP contribution in [0.25, 0.3) is 10.6 Å². The van der Waals surface area contributed by atoms with Crippen molar-refractivity contribution in [2.45, 2.75) is 0 Å². The van der Waals surface area contributed by atoms with Gasteiger partial charge in [0.1, 0.15) is 5.69 Å². The maximum atomic E-state index is 12.2. The van der Waals surface area contributed by atoms with Crippen LogP contribution < -0.4 is 11.0 Å². The van der Waals surface area contributed by atoms with Crippen molar-refractivity contribution in [2.75, 3.05) is 39.4 Å². The predicted molar refractivity (Wildman–Crippen MR) is 87.8 cm³/mol. The first-order valence-electron chi connectivity index (χ1n) is 7.46. The zero-order valence-electron chi connectivity index (χ0n) is 12.6. The fourth-order valence-electron chi connectivity index (χ4n) is 2.38. The second-order valence-electron chi connectivity index (χ2n) is 5.17. The van der Waals surface area contributed by atoms with E-state index >= 15 is 0 Å². The summed E-state index contributed by atoms with van der Waals surface area (Å²) in [5.41, 5.74) is 0.228. The molecule has 3 heterocycles. The molecule has 0 unspecified atom stereocenters. The average Bonchev–Trinajstić information content (AvgIpc) is 3.10. The summed E-state index contributed by atoms with van der Waals surface area (Å²) < 4.78 is 5.28. The number of amides is 1. The summed E-state index contributed by atoms with van der Waals surface area (Å²) >= 11 is 1.49. The third-order valence-corrected chi connectivity index (χ3v) is 4.48. The van der Waals surface area contributed by atoms with E-state index in [0.717, 1.165) is 37.7 Å². The van der Waals surface area contributed by atoms with E-state index in [1.165, 1.54) is 11.3 Å². The largest absolute Gasteiger partial charge is 0.379 e. The SMILES string of the molecule is O=C(NCCN1CCOCC1)c1cc(-c2cccs2)[nH]c(=O)n1. The van der Waals surface area contributed by atoms with E-state index in [1.54, 1.807) is 6.07 Å². The molecule has 0 aliphatic carbocycles. The van der Waals surface area contributed by atoms with Crippen molar-refractivity contribution in [3.63, 3.8) is 0 Å². The topological polar surface area (TPSA) is 87.3 Å². The average molecular weight is 334 g/mol. The van der Waals surface area contributed by atoms with Gasteiger partial charge in [-0.3, -0.25) is 9.69 Å². The van der Waals surface area contributed by atoms with E-state index in [9.17, 15) is 9.59 Å². The van der Waals surface area contributed by atoms with Crippen LogP contribution in [0.15, 0.2) is 28.4 Å². The molecule has 0 radical (unpaired) electrons. The first-order chi connectivity index (χ1) is 11.2. The number of nitrogens with one attached hydrogen (secondary N) is 2. The second-order valence-corrected chi connectivity index (χ2v) is 6.12. The van der Waals surface area contributed by atoms with Gasteiger partial charge in [0.25, 0.3) is 5.91 Å². The van der Waals surface area contributed by atoms with Crippen molar-refractivity contribution >= 4 is 17.2 Å². The van der Waals surface area contributed by atoms with Gasteiger partial charge in [-0.1, -0.05) is 6.07 Å². The molecule has 23 heavy (non-hydrogen) atoms. The van der Waals surface area contributed by atoms with Crippen LogP contribution in [-0.2, 0) is 4.74 Å². The highest BCUT2D eigenvalue weighted by Crippen LogP contribution is 2.21. The maximum absolute atomic E-state index is 12.2. The lowest BCUT2D eigenvalue weighted by Gasteiger charge is -2.26. The summed E-state index contributed by atoms with van der Waals surface area (Å²) in [6, 6.07) is 5.38. The Hall–Kier alpha value is -2.03. The first kappa shape index (κ1) is 15.9. The van der Waals surface area contributed by atoms with Crippen molar-refractivity contribution in [1.82, 2.24) is 20.2 Å². The monoisotopic (exact) mass is 334 g/mol. The van der Waals surface area contributed by atoms with Gasteiger partial charge in [0.05, 0.1) is 23.8 Å². The van der Waals surface area contributed by atoms with Gasteiger partial charge in [0, 0.05) is 26.2 Å². The summed E-state index contributed by atoms with van der Waals surface area (Å²) in [5.74, 6) is -0.331. The van der Waals surface area contributed by atoms with Crippen LogP contribution in [0.5, 0.6) is 0 Å². The number of ether oxygens (including phenoxy) is 1. The van der Waals surface area contributed by atoms with Crippen molar-refractivity contribution in [3.8, 4) is 10.6 Å². The minimum atomic E-state index is -0.519. The molecule has 2 N–H and O–H groups in total. The van der Waals surface area contributed by atoms with Gasteiger partial charge in [-0.15, -0.1) is 11.3 Å². The Balaban J connectivity index is 1.61. The number of rotatable bonds is 5. The number of morpholine rings is 1. The Morgan fingerprint density at radius 1 is 1.43 bits per heavy atom. The fourth-order valence-corrected chi connectivity index (χ4v) is 3.08. The van der Waals surface area contributed by atoms with Gasteiger partial charge in [-0.05, 0) is 17.5 Å². The summed E-state index contributed by atoms with van der Waals surface area (Å²) in [7, 11) is 0. The van der Waals surface area contributed by atoms with Crippen molar-refractivity contribution in [3.05, 3.63) is 39.8 Å². The van der Waals surface area contributed by atoms with E-state index < -0.39 is 5.69 Å². The molecule has 1 amide bonds. The molecule has 122 valence electrons. The summed E-state index contributed by atoms with van der Waals surface area (Å²) in [5, 5.41) is 4.73. The molecule has 1 aliphatic heterocycles. The van der Waals surface area contributed by atoms with E-state index in [2.05, 4.69) is 20.2 Å². The van der Waals surface area contributed by atoms with Gasteiger partial charge in [0.2, 0.25) is 0 Å². The Morgan fingerprint density at radius 3 is 3.00 bits per heavy atom. The van der Waals surface area contributed by atoms with E-state index in [-0.39, 0.29) is 11.6 Å². The lowest BCUT2D eigenvalue weighted by molar-refractivity contribution is 0.0383. The minimum absolute atomic E-state index is 0.138. The van der Waals surface area contributed by atoms with E-state index in [0.29, 0.717) is 12.2 Å². The smallest absolute Gasteiger partial charge is 0.346 e. The second kappa shape index (κ2) is 7.49. The predicted octanol–water partition coefficient (Wildman–Crippen LogP) is 0.560. The van der Waals surface area contributed by atoms with Crippen LogP contribution >= 0.6 is 11.3 Å². The number of nitrogens with zero attached hydrogens (tertiary/aromatic N) is 2. The molecule has 3 rings (SSSR count). The highest BCUT2D eigenvalue weighted by atomic mass is 32.1. The number of carbonyl (C=O) groups is 1. The van der Waals surface area contributed by atoms with Crippen LogP contribution in [0.4, 0.5) is 0 Å². The molecular weight excluding hydrogens is 316 g/mol. The van der Waals surface area contributed by atoms with Crippen molar-refractivity contribution in [2.24, 2.45) is 0 Å². The van der Waals surface area contributed by atoms with Gasteiger partial charge < -0.3 is 15.0 Å². The Morgan fingerprint density at radius 2 is 2.26 bits per heavy atom. The third kappa shape index (κ3) is 4.25. The van der Waals surface area contributed by atoms with Gasteiger partial charge in [0.15, 0.2) is 0 Å². The van der Waals surface area contributed by atoms with E-state index in [4.69, 9.17) is 4.74 Å². The third-order valence-electron chi connectivity index (χ3n) is 3.58. The molecule has 0 spiro atoms. The number of hydrogen-bond acceptors (Lipinski definition) is 6. The van der Waals surface area contributed by atoms with Crippen LogP contribution in [0.3, 0.4) is 0 Å². The first-order valence-corrected chi connectivity index (χ1v) is 8.34. The van der Waals surface area contributed by atoms with Gasteiger partial charge in [-0.2, -0.15) is 4.98 Å². The van der Waals surface area contributed by atoms with Crippen LogP contribution in [-0.4, -0.2) is 60.2 Å². The molecule has 0 saturated carbocycles. The molecule has 1 saturated heterocycles. The summed E-state index contributed by atoms with van der Waals surface area (Å²) in [6.07, 6.45) is 0. The molecule has 7 nitrogen and oxygen atoms in total. The van der Waals surface area contributed by atoms with E-state index in [1.807, 2.05) is 17.5 Å². The number of hydrogen-bond donors (Lipinski definition) is 2. The molecule has 2 aromatic heterocycles. The number of carbonyl (C=O) groups excluding carboxylic acids is 1. The number of H-pyrrole nitrogens is 1. The molecule has 0 aromatic carbocycles. The van der Waals surface area contributed by atoms with Crippen LogP contribution in [0, 0.1) is 0 Å². The molecule has 0 atom stereocenters. The lowest BCUT2D eigenvalue weighted by atomic mass is 10.2. The van der Waals surface area contributed by atoms with Crippen LogP contribution in [0.2, 0.25) is 0 Å². The molecule has 1 aliphatic rings. The van der Waals surface area contributed by atoms with Crippen LogP contribution in [0.1, 0.15) is 10.5 Å². The number of aromatic amines is 1. The Bertz CT molecular complexity index is 708. The number of thiophene rings is 1. The quantitative estimate of drug-likeness (QED) is 0.834. The van der Waals surface area contributed by atoms with Crippen molar-refractivity contribution < 1.29 is 9.53 Å². The molecule has 1 fully saturated rings. The molecular formula is C15H18N4O3S. The standard InChI is InChI=1S/C15H18N4O3S/c20-14(16-3-4-19-5-7-22-8-6-19)12-10-11(17-15(21)18-12)13-2-1-9-23-13/h1-2,9-10H,3-8H2,(H,16,20)(H,17,18,21). The van der Waals surface area contributed by atoms with Gasteiger partial charge in [-0.25, -0.2) is 4.79 Å². The lowest BCUT2D eigenvalue weighted by Crippen LogP contribution is -2.41. The Kier molecular flexibility index (Phi) is 5.16. The van der Waals surface area contributed by atoms with Crippen molar-refractivity contribution in [1.29, 1.82) is 0 Å². The molecule has 8 heteroatoms. The maximum Gasteiger partial charge on any atom is 0.346 e.